The second-order valence-corrected chi connectivity index (χ2v) is 2.89. The molecule has 0 atom stereocenters. The number of carboxylic acid groups (broad SMARTS) is 1. The van der Waals surface area contributed by atoms with E-state index in [1.54, 1.807) is 0 Å². The standard InChI is InChI=1S/C8H6ClF2NO3/c9-1-3-4(13)2-12-6(8(14)15)5(3)7(10)11/h2,7,13H,1H2,(H,14,15). The van der Waals surface area contributed by atoms with E-state index in [0.717, 1.165) is 6.20 Å². The molecule has 1 rings (SSSR count). The van der Waals surface area contributed by atoms with Gasteiger partial charge in [0, 0.05) is 5.56 Å². The van der Waals surface area contributed by atoms with Crippen molar-refractivity contribution in [3.8, 4) is 5.75 Å². The van der Waals surface area contributed by atoms with E-state index < -0.39 is 35.3 Å². The minimum absolute atomic E-state index is 0.306. The SMILES string of the molecule is O=C(O)c1ncc(O)c(CCl)c1C(F)F. The van der Waals surface area contributed by atoms with Crippen LogP contribution in [0.5, 0.6) is 5.75 Å². The highest BCUT2D eigenvalue weighted by Crippen LogP contribution is 2.32. The Labute approximate surface area is 88.1 Å². The van der Waals surface area contributed by atoms with E-state index in [1.807, 2.05) is 0 Å². The quantitative estimate of drug-likeness (QED) is 0.791. The lowest BCUT2D eigenvalue weighted by Crippen LogP contribution is -2.09. The van der Waals surface area contributed by atoms with Crippen LogP contribution in [-0.4, -0.2) is 21.2 Å². The average molecular weight is 238 g/mol. The number of nitrogens with zero attached hydrogens (tertiary/aromatic N) is 1. The minimum atomic E-state index is -3.05. The van der Waals surface area contributed by atoms with Gasteiger partial charge in [0.05, 0.1) is 17.6 Å². The number of alkyl halides is 3. The van der Waals surface area contributed by atoms with Crippen molar-refractivity contribution in [2.75, 3.05) is 0 Å². The predicted molar refractivity (Wildman–Crippen MR) is 47.4 cm³/mol. The number of pyridine rings is 1. The van der Waals surface area contributed by atoms with Gasteiger partial charge < -0.3 is 10.2 Å². The number of halogens is 3. The molecule has 1 aromatic heterocycles. The first-order valence-corrected chi connectivity index (χ1v) is 4.30. The molecule has 0 aliphatic rings. The minimum Gasteiger partial charge on any atom is -0.506 e. The Morgan fingerprint density at radius 2 is 2.20 bits per heavy atom. The van der Waals surface area contributed by atoms with Gasteiger partial charge in [0.1, 0.15) is 5.75 Å². The average Bonchev–Trinajstić information content (AvgIpc) is 2.16. The van der Waals surface area contributed by atoms with Crippen molar-refractivity contribution in [1.82, 2.24) is 4.98 Å². The fraction of sp³-hybridized carbons (Fsp3) is 0.250. The zero-order chi connectivity index (χ0) is 11.6. The van der Waals surface area contributed by atoms with Crippen molar-refractivity contribution < 1.29 is 23.8 Å². The van der Waals surface area contributed by atoms with Gasteiger partial charge in [0.2, 0.25) is 0 Å². The maximum absolute atomic E-state index is 12.5. The first-order chi connectivity index (χ1) is 6.99. The predicted octanol–water partition coefficient (Wildman–Crippen LogP) is 2.16. The normalized spacial score (nSPS) is 10.7. The molecule has 0 radical (unpaired) electrons. The highest BCUT2D eigenvalue weighted by atomic mass is 35.5. The molecule has 1 aromatic rings. The number of rotatable bonds is 3. The summed E-state index contributed by atoms with van der Waals surface area (Å²) in [7, 11) is 0. The highest BCUT2D eigenvalue weighted by molar-refractivity contribution is 6.17. The Morgan fingerprint density at radius 3 is 2.60 bits per heavy atom. The summed E-state index contributed by atoms with van der Waals surface area (Å²) in [5.74, 6) is -2.53. The number of hydrogen-bond donors (Lipinski definition) is 2. The molecule has 0 saturated heterocycles. The van der Waals surface area contributed by atoms with Crippen LogP contribution in [0.4, 0.5) is 8.78 Å². The van der Waals surface area contributed by atoms with Crippen molar-refractivity contribution in [1.29, 1.82) is 0 Å². The number of carboxylic acids is 1. The van der Waals surface area contributed by atoms with Crippen molar-refractivity contribution in [3.05, 3.63) is 23.0 Å². The summed E-state index contributed by atoms with van der Waals surface area (Å²) in [4.78, 5) is 13.8. The van der Waals surface area contributed by atoms with Gasteiger partial charge in [-0.3, -0.25) is 0 Å². The van der Waals surface area contributed by atoms with Gasteiger partial charge in [-0.1, -0.05) is 0 Å². The molecule has 0 aliphatic carbocycles. The van der Waals surface area contributed by atoms with Crippen LogP contribution in [0.25, 0.3) is 0 Å². The zero-order valence-corrected chi connectivity index (χ0v) is 8.00. The van der Waals surface area contributed by atoms with Gasteiger partial charge in [-0.05, 0) is 0 Å². The lowest BCUT2D eigenvalue weighted by molar-refractivity contribution is 0.0676. The first-order valence-electron chi connectivity index (χ1n) is 3.77. The third kappa shape index (κ3) is 2.15. The van der Waals surface area contributed by atoms with Crippen molar-refractivity contribution in [3.63, 3.8) is 0 Å². The Bertz CT molecular complexity index is 398. The summed E-state index contributed by atoms with van der Waals surface area (Å²) in [6.07, 6.45) is -2.27. The van der Waals surface area contributed by atoms with Crippen molar-refractivity contribution in [2.24, 2.45) is 0 Å². The van der Waals surface area contributed by atoms with Gasteiger partial charge in [-0.2, -0.15) is 0 Å². The fourth-order valence-electron chi connectivity index (χ4n) is 1.10. The second-order valence-electron chi connectivity index (χ2n) is 2.62. The number of aromatic nitrogens is 1. The molecule has 82 valence electrons. The molecule has 7 heteroatoms. The van der Waals surface area contributed by atoms with Crippen LogP contribution in [-0.2, 0) is 5.88 Å². The molecule has 4 nitrogen and oxygen atoms in total. The molecular formula is C8H6ClF2NO3. The third-order valence-corrected chi connectivity index (χ3v) is 2.03. The van der Waals surface area contributed by atoms with Crippen molar-refractivity contribution >= 4 is 17.6 Å². The smallest absolute Gasteiger partial charge is 0.355 e. The molecule has 0 spiro atoms. The summed E-state index contributed by atoms with van der Waals surface area (Å²) in [5, 5.41) is 17.8. The molecule has 2 N–H and O–H groups in total. The van der Waals surface area contributed by atoms with Gasteiger partial charge in [0.25, 0.3) is 6.43 Å². The summed E-state index contributed by atoms with van der Waals surface area (Å²) in [6.45, 7) is 0. The van der Waals surface area contributed by atoms with Crippen LogP contribution in [0.15, 0.2) is 6.20 Å². The monoisotopic (exact) mass is 237 g/mol. The van der Waals surface area contributed by atoms with Gasteiger partial charge >= 0.3 is 5.97 Å². The molecule has 0 unspecified atom stereocenters. The Morgan fingerprint density at radius 1 is 1.60 bits per heavy atom. The van der Waals surface area contributed by atoms with E-state index in [1.165, 1.54) is 0 Å². The highest BCUT2D eigenvalue weighted by Gasteiger charge is 2.25. The lowest BCUT2D eigenvalue weighted by atomic mass is 10.1. The van der Waals surface area contributed by atoms with Crippen LogP contribution in [0.3, 0.4) is 0 Å². The Balaban J connectivity index is 3.49. The van der Waals surface area contributed by atoms with Crippen LogP contribution in [0.1, 0.15) is 28.0 Å². The Kier molecular flexibility index (Phi) is 3.41. The van der Waals surface area contributed by atoms with Crippen LogP contribution in [0.2, 0.25) is 0 Å². The molecule has 0 bridgehead atoms. The van der Waals surface area contributed by atoms with E-state index in [9.17, 15) is 18.7 Å². The maximum Gasteiger partial charge on any atom is 0.355 e. The van der Waals surface area contributed by atoms with Crippen LogP contribution in [0, 0.1) is 0 Å². The number of hydrogen-bond acceptors (Lipinski definition) is 3. The van der Waals surface area contributed by atoms with E-state index in [-0.39, 0.29) is 5.56 Å². The van der Waals surface area contributed by atoms with E-state index in [4.69, 9.17) is 16.7 Å². The summed E-state index contributed by atoms with van der Waals surface area (Å²) in [6, 6.07) is 0. The molecular weight excluding hydrogens is 232 g/mol. The number of aromatic carboxylic acids is 1. The fourth-order valence-corrected chi connectivity index (χ4v) is 1.38. The van der Waals surface area contributed by atoms with Crippen LogP contribution < -0.4 is 0 Å². The first kappa shape index (κ1) is 11.6. The van der Waals surface area contributed by atoms with Gasteiger partial charge in [0.15, 0.2) is 5.69 Å². The molecule has 0 amide bonds. The van der Waals surface area contributed by atoms with Gasteiger partial charge in [-0.25, -0.2) is 18.6 Å². The largest absolute Gasteiger partial charge is 0.506 e. The molecule has 1 heterocycles. The van der Waals surface area contributed by atoms with Crippen molar-refractivity contribution in [2.45, 2.75) is 12.3 Å². The molecule has 0 fully saturated rings. The maximum atomic E-state index is 12.5. The topological polar surface area (TPSA) is 70.4 Å². The van der Waals surface area contributed by atoms with Crippen LogP contribution >= 0.6 is 11.6 Å². The number of carbonyl (C=O) groups is 1. The molecule has 0 aromatic carbocycles. The van der Waals surface area contributed by atoms with E-state index in [2.05, 4.69) is 4.98 Å². The third-order valence-electron chi connectivity index (χ3n) is 1.76. The zero-order valence-electron chi connectivity index (χ0n) is 7.25. The molecule has 0 aliphatic heterocycles. The molecule has 0 saturated carbocycles. The second kappa shape index (κ2) is 4.39. The number of aromatic hydroxyl groups is 1. The van der Waals surface area contributed by atoms with E-state index >= 15 is 0 Å². The van der Waals surface area contributed by atoms with Gasteiger partial charge in [-0.15, -0.1) is 11.6 Å². The lowest BCUT2D eigenvalue weighted by Gasteiger charge is -2.10. The van der Waals surface area contributed by atoms with E-state index in [0.29, 0.717) is 0 Å². The Hall–Kier alpha value is -1.43. The summed E-state index contributed by atoms with van der Waals surface area (Å²) in [5.41, 5.74) is -1.94. The molecule has 15 heavy (non-hydrogen) atoms. The summed E-state index contributed by atoms with van der Waals surface area (Å²) >= 11 is 5.34. The summed E-state index contributed by atoms with van der Waals surface area (Å²) < 4.78 is 25.1.